The molecule has 0 saturated heterocycles. The summed E-state index contributed by atoms with van der Waals surface area (Å²) in [4.78, 5) is 0. The molecule has 0 aromatic heterocycles. The molecule has 1 aliphatic carbocycles. The third-order valence-corrected chi connectivity index (χ3v) is 3.09. The van der Waals surface area contributed by atoms with Gasteiger partial charge in [0.05, 0.1) is 6.61 Å². The summed E-state index contributed by atoms with van der Waals surface area (Å²) in [6.45, 7) is 5.53. The lowest BCUT2D eigenvalue weighted by atomic mass is 10.2. The lowest BCUT2D eigenvalue weighted by Crippen LogP contribution is -2.22. The third-order valence-electron chi connectivity index (χ3n) is 3.09. The summed E-state index contributed by atoms with van der Waals surface area (Å²) in [6, 6.07) is 5.33. The molecule has 0 aliphatic heterocycles. The van der Waals surface area contributed by atoms with E-state index in [1.54, 1.807) is 6.07 Å². The van der Waals surface area contributed by atoms with E-state index in [2.05, 4.69) is 19.2 Å². The van der Waals surface area contributed by atoms with Gasteiger partial charge in [0.15, 0.2) is 18.4 Å². The molecule has 2 rings (SSSR count). The number of nitrogens with one attached hydrogen (secondary N) is 1. The van der Waals surface area contributed by atoms with Gasteiger partial charge in [0.1, 0.15) is 0 Å². The molecule has 19 heavy (non-hydrogen) atoms. The highest BCUT2D eigenvalue weighted by Crippen LogP contribution is 2.29. The molecule has 0 bridgehead atoms. The summed E-state index contributed by atoms with van der Waals surface area (Å²) in [5.74, 6) is 0.649. The first kappa shape index (κ1) is 14.3. The van der Waals surface area contributed by atoms with Gasteiger partial charge in [0.25, 0.3) is 0 Å². The fourth-order valence-electron chi connectivity index (χ4n) is 1.77. The summed E-state index contributed by atoms with van der Waals surface area (Å²) in [5, 5.41) is 3.26. The van der Waals surface area contributed by atoms with Gasteiger partial charge in [0.2, 0.25) is 0 Å². The summed E-state index contributed by atoms with van der Waals surface area (Å²) in [7, 11) is 0. The van der Waals surface area contributed by atoms with Crippen LogP contribution in [0.5, 0.6) is 5.75 Å². The van der Waals surface area contributed by atoms with Crippen LogP contribution in [0, 0.1) is 11.7 Å². The van der Waals surface area contributed by atoms with Crippen molar-refractivity contribution in [1.29, 1.82) is 0 Å². The number of hydrogen-bond acceptors (Lipinski definition) is 3. The van der Waals surface area contributed by atoms with Crippen LogP contribution in [0.4, 0.5) is 4.39 Å². The van der Waals surface area contributed by atoms with E-state index in [-0.39, 0.29) is 12.6 Å². The highest BCUT2D eigenvalue weighted by Gasteiger charge is 2.21. The Kier molecular flexibility index (Phi) is 5.16. The molecule has 0 atom stereocenters. The number of para-hydroxylation sites is 1. The van der Waals surface area contributed by atoms with Crippen LogP contribution in [0.1, 0.15) is 32.3 Å². The molecule has 1 aliphatic rings. The zero-order valence-electron chi connectivity index (χ0n) is 11.6. The molecule has 1 saturated carbocycles. The molecular weight excluding hydrogens is 245 g/mol. The molecule has 0 heterocycles. The van der Waals surface area contributed by atoms with E-state index in [9.17, 15) is 4.39 Å². The number of benzene rings is 1. The standard InChI is InChI=1S/C15H22FNO2/c1-11(2)17-8-13-4-3-5-14(16)15(13)19-10-18-9-12-6-7-12/h3-5,11-12,17H,6-10H2,1-2H3. The first-order chi connectivity index (χ1) is 9.16. The van der Waals surface area contributed by atoms with E-state index in [1.165, 1.54) is 18.9 Å². The maximum absolute atomic E-state index is 13.8. The third kappa shape index (κ3) is 4.80. The average Bonchev–Trinajstić information content (AvgIpc) is 3.18. The summed E-state index contributed by atoms with van der Waals surface area (Å²) in [6.07, 6.45) is 2.48. The van der Waals surface area contributed by atoms with E-state index in [4.69, 9.17) is 9.47 Å². The lowest BCUT2D eigenvalue weighted by molar-refractivity contribution is 0.00731. The van der Waals surface area contributed by atoms with Crippen molar-refractivity contribution in [2.24, 2.45) is 5.92 Å². The monoisotopic (exact) mass is 267 g/mol. The highest BCUT2D eigenvalue weighted by molar-refractivity contribution is 5.34. The molecule has 0 amide bonds. The molecule has 1 fully saturated rings. The van der Waals surface area contributed by atoms with Crippen LogP contribution in [-0.2, 0) is 11.3 Å². The largest absolute Gasteiger partial charge is 0.464 e. The quantitative estimate of drug-likeness (QED) is 0.580. The van der Waals surface area contributed by atoms with Crippen LogP contribution in [0.15, 0.2) is 18.2 Å². The van der Waals surface area contributed by atoms with Crippen molar-refractivity contribution in [1.82, 2.24) is 5.32 Å². The lowest BCUT2D eigenvalue weighted by Gasteiger charge is -2.14. The fraction of sp³-hybridized carbons (Fsp3) is 0.600. The first-order valence-electron chi connectivity index (χ1n) is 6.88. The van der Waals surface area contributed by atoms with E-state index in [0.717, 1.165) is 5.56 Å². The summed E-state index contributed by atoms with van der Waals surface area (Å²) < 4.78 is 24.6. The van der Waals surface area contributed by atoms with Crippen LogP contribution in [0.3, 0.4) is 0 Å². The van der Waals surface area contributed by atoms with Gasteiger partial charge < -0.3 is 14.8 Å². The zero-order chi connectivity index (χ0) is 13.7. The Morgan fingerprint density at radius 3 is 2.84 bits per heavy atom. The molecule has 3 nitrogen and oxygen atoms in total. The number of halogens is 1. The second kappa shape index (κ2) is 6.87. The van der Waals surface area contributed by atoms with Gasteiger partial charge in [-0.3, -0.25) is 0 Å². The van der Waals surface area contributed by atoms with Crippen molar-refractivity contribution >= 4 is 0 Å². The van der Waals surface area contributed by atoms with E-state index >= 15 is 0 Å². The minimum Gasteiger partial charge on any atom is -0.464 e. The average molecular weight is 267 g/mol. The van der Waals surface area contributed by atoms with Gasteiger partial charge in [0, 0.05) is 18.2 Å². The second-order valence-electron chi connectivity index (χ2n) is 5.34. The van der Waals surface area contributed by atoms with Crippen LogP contribution in [-0.4, -0.2) is 19.4 Å². The van der Waals surface area contributed by atoms with E-state index in [0.29, 0.717) is 30.9 Å². The van der Waals surface area contributed by atoms with Crippen molar-refractivity contribution in [2.75, 3.05) is 13.4 Å². The van der Waals surface area contributed by atoms with Gasteiger partial charge in [-0.15, -0.1) is 0 Å². The van der Waals surface area contributed by atoms with Crippen molar-refractivity contribution < 1.29 is 13.9 Å². The van der Waals surface area contributed by atoms with Gasteiger partial charge >= 0.3 is 0 Å². The van der Waals surface area contributed by atoms with Crippen LogP contribution in [0.2, 0.25) is 0 Å². The number of rotatable bonds is 8. The molecule has 1 aromatic rings. The molecular formula is C15H22FNO2. The summed E-state index contributed by atoms with van der Waals surface area (Å²) >= 11 is 0. The van der Waals surface area contributed by atoms with Crippen LogP contribution in [0.25, 0.3) is 0 Å². The normalized spacial score (nSPS) is 14.9. The Bertz CT molecular complexity index is 405. The predicted molar refractivity (Wildman–Crippen MR) is 72.5 cm³/mol. The fourth-order valence-corrected chi connectivity index (χ4v) is 1.77. The molecule has 0 radical (unpaired) electrons. The van der Waals surface area contributed by atoms with Crippen molar-refractivity contribution in [3.8, 4) is 5.75 Å². The number of ether oxygens (including phenoxy) is 2. The highest BCUT2D eigenvalue weighted by atomic mass is 19.1. The van der Waals surface area contributed by atoms with Gasteiger partial charge in [-0.1, -0.05) is 26.0 Å². The Hall–Kier alpha value is -1.13. The van der Waals surface area contributed by atoms with Gasteiger partial charge in [-0.2, -0.15) is 0 Å². The van der Waals surface area contributed by atoms with Crippen molar-refractivity contribution in [3.63, 3.8) is 0 Å². The minimum absolute atomic E-state index is 0.117. The SMILES string of the molecule is CC(C)NCc1cccc(F)c1OCOCC1CC1. The predicted octanol–water partition coefficient (Wildman–Crippen LogP) is 3.09. The van der Waals surface area contributed by atoms with Crippen molar-refractivity contribution in [3.05, 3.63) is 29.6 Å². The Labute approximate surface area is 114 Å². The Morgan fingerprint density at radius 1 is 1.37 bits per heavy atom. The molecule has 1 N–H and O–H groups in total. The van der Waals surface area contributed by atoms with Crippen LogP contribution < -0.4 is 10.1 Å². The first-order valence-corrected chi connectivity index (χ1v) is 6.88. The number of hydrogen-bond donors (Lipinski definition) is 1. The topological polar surface area (TPSA) is 30.5 Å². The molecule has 0 spiro atoms. The maximum atomic E-state index is 13.8. The second-order valence-corrected chi connectivity index (χ2v) is 5.34. The molecule has 1 aromatic carbocycles. The molecule has 0 unspecified atom stereocenters. The molecule has 4 heteroatoms. The summed E-state index contributed by atoms with van der Waals surface area (Å²) in [5.41, 5.74) is 0.823. The van der Waals surface area contributed by atoms with E-state index in [1.807, 2.05) is 6.07 Å². The maximum Gasteiger partial charge on any atom is 0.189 e. The van der Waals surface area contributed by atoms with Crippen LogP contribution >= 0.6 is 0 Å². The minimum atomic E-state index is -0.335. The Balaban J connectivity index is 1.87. The van der Waals surface area contributed by atoms with Gasteiger partial charge in [-0.05, 0) is 24.8 Å². The smallest absolute Gasteiger partial charge is 0.189 e. The van der Waals surface area contributed by atoms with Crippen molar-refractivity contribution in [2.45, 2.75) is 39.3 Å². The molecule has 106 valence electrons. The zero-order valence-corrected chi connectivity index (χ0v) is 11.6. The Morgan fingerprint density at radius 2 is 2.16 bits per heavy atom. The van der Waals surface area contributed by atoms with Gasteiger partial charge in [-0.25, -0.2) is 4.39 Å². The van der Waals surface area contributed by atoms with E-state index < -0.39 is 0 Å².